The molecule has 3 heteroatoms. The molecule has 164 valence electrons. The molecule has 0 saturated heterocycles. The molecule has 0 bridgehead atoms. The number of hydrogen-bond donors (Lipinski definition) is 0. The van der Waals surface area contributed by atoms with E-state index in [0.29, 0.717) is 5.56 Å². The van der Waals surface area contributed by atoms with Crippen molar-refractivity contribution in [1.82, 2.24) is 4.57 Å². The highest BCUT2D eigenvalue weighted by atomic mass is 32.1. The van der Waals surface area contributed by atoms with Crippen molar-refractivity contribution in [3.05, 3.63) is 114 Å². The molecule has 35 heavy (non-hydrogen) atoms. The Hall–Kier alpha value is -4.39. The van der Waals surface area contributed by atoms with Crippen LogP contribution in [0.1, 0.15) is 23.2 Å². The summed E-state index contributed by atoms with van der Waals surface area (Å²) in [6.07, 6.45) is 9.82. The summed E-state index contributed by atoms with van der Waals surface area (Å²) in [5.41, 5.74) is 7.40. The smallest absolute Gasteiger partial charge is 0.0998 e. The van der Waals surface area contributed by atoms with E-state index < -0.39 is 0 Å². The largest absolute Gasteiger partial charge is 0.309 e. The minimum atomic E-state index is 0.703. The molecule has 0 amide bonds. The lowest BCUT2D eigenvalue weighted by Crippen LogP contribution is -2.00. The number of aromatic nitrogens is 1. The molecule has 2 heterocycles. The lowest BCUT2D eigenvalue weighted by molar-refractivity contribution is 1.11. The van der Waals surface area contributed by atoms with E-state index in [-0.39, 0.29) is 0 Å². The topological polar surface area (TPSA) is 28.7 Å². The number of para-hydroxylation sites is 2. The molecule has 0 atom stereocenters. The van der Waals surface area contributed by atoms with Crippen LogP contribution in [0.4, 0.5) is 0 Å². The maximum absolute atomic E-state index is 10.2. The molecular weight excluding hydrogens is 444 g/mol. The molecule has 2 aromatic heterocycles. The Kier molecular flexibility index (Phi) is 4.48. The monoisotopic (exact) mass is 464 g/mol. The quantitative estimate of drug-likeness (QED) is 0.251. The van der Waals surface area contributed by atoms with E-state index in [0.717, 1.165) is 27.9 Å². The minimum absolute atomic E-state index is 0.703. The zero-order chi connectivity index (χ0) is 23.4. The Morgan fingerprint density at radius 3 is 2.40 bits per heavy atom. The first kappa shape index (κ1) is 20.0. The van der Waals surface area contributed by atoms with Gasteiger partial charge in [0.1, 0.15) is 0 Å². The summed E-state index contributed by atoms with van der Waals surface area (Å²) < 4.78 is 4.75. The number of rotatable bonds is 2. The molecule has 0 saturated carbocycles. The first-order valence-corrected chi connectivity index (χ1v) is 12.6. The van der Waals surface area contributed by atoms with Crippen LogP contribution in [0.25, 0.3) is 60.0 Å². The average molecular weight is 465 g/mol. The second-order valence-corrected chi connectivity index (χ2v) is 9.90. The van der Waals surface area contributed by atoms with E-state index in [1.807, 2.05) is 0 Å². The Bertz CT molecular complexity index is 1890. The molecule has 4 aromatic carbocycles. The van der Waals surface area contributed by atoms with Crippen LogP contribution in [0.2, 0.25) is 0 Å². The molecule has 0 fully saturated rings. The van der Waals surface area contributed by atoms with Crippen LogP contribution in [-0.2, 0) is 0 Å². The van der Waals surface area contributed by atoms with Gasteiger partial charge in [-0.05, 0) is 42.8 Å². The van der Waals surface area contributed by atoms with Gasteiger partial charge in [-0.2, -0.15) is 5.26 Å². The molecule has 0 radical (unpaired) electrons. The van der Waals surface area contributed by atoms with Crippen LogP contribution < -0.4 is 0 Å². The zero-order valence-corrected chi connectivity index (χ0v) is 19.7. The lowest BCUT2D eigenvalue weighted by atomic mass is 9.96. The van der Waals surface area contributed by atoms with Crippen molar-refractivity contribution in [1.29, 1.82) is 5.26 Å². The Labute approximate surface area is 207 Å². The number of nitrogens with zero attached hydrogens (tertiary/aromatic N) is 2. The Balaban J connectivity index is 1.57. The maximum Gasteiger partial charge on any atom is 0.0998 e. The van der Waals surface area contributed by atoms with Crippen molar-refractivity contribution in [2.24, 2.45) is 0 Å². The van der Waals surface area contributed by atoms with Crippen LogP contribution in [0.15, 0.2) is 97.1 Å². The molecule has 0 unspecified atom stereocenters. The van der Waals surface area contributed by atoms with Gasteiger partial charge in [0.15, 0.2) is 0 Å². The summed E-state index contributed by atoms with van der Waals surface area (Å²) in [5, 5.41) is 13.8. The second-order valence-electron chi connectivity index (χ2n) is 8.81. The average Bonchev–Trinajstić information content (AvgIpc) is 3.31. The van der Waals surface area contributed by atoms with Gasteiger partial charge in [-0.1, -0.05) is 72.8 Å². The van der Waals surface area contributed by atoms with Crippen LogP contribution in [-0.4, -0.2) is 4.57 Å². The Morgan fingerprint density at radius 1 is 0.714 bits per heavy atom. The summed E-state index contributed by atoms with van der Waals surface area (Å²) in [4.78, 5) is 0. The van der Waals surface area contributed by atoms with Crippen molar-refractivity contribution in [3.8, 4) is 22.9 Å². The van der Waals surface area contributed by atoms with Crippen LogP contribution in [0, 0.1) is 11.3 Å². The third kappa shape index (κ3) is 3.01. The van der Waals surface area contributed by atoms with Gasteiger partial charge in [0.25, 0.3) is 0 Å². The number of allylic oxidation sites excluding steroid dienone is 2. The van der Waals surface area contributed by atoms with Crippen molar-refractivity contribution in [2.75, 3.05) is 0 Å². The molecule has 1 aliphatic rings. The molecule has 0 spiro atoms. The summed E-state index contributed by atoms with van der Waals surface area (Å²) in [6.45, 7) is 0. The molecule has 2 nitrogen and oxygen atoms in total. The van der Waals surface area contributed by atoms with Gasteiger partial charge in [-0.25, -0.2) is 0 Å². The van der Waals surface area contributed by atoms with Crippen molar-refractivity contribution < 1.29 is 0 Å². The summed E-state index contributed by atoms with van der Waals surface area (Å²) >= 11 is 1.75. The normalized spacial score (nSPS) is 12.8. The number of thiophene rings is 1. The van der Waals surface area contributed by atoms with Crippen molar-refractivity contribution in [3.63, 3.8) is 0 Å². The standard InChI is InChI=1S/C32H20N2S/c33-20-21-18-32-27(25-13-6-9-17-31(25)35-32)19-26(21)24-12-5-8-16-30(24)34-28-14-3-1-2-10-22(28)23-11-4-7-15-29(23)34/h2-19H,1H2. The highest BCUT2D eigenvalue weighted by molar-refractivity contribution is 7.25. The molecule has 1 aliphatic carbocycles. The highest BCUT2D eigenvalue weighted by Gasteiger charge is 2.20. The van der Waals surface area contributed by atoms with Gasteiger partial charge in [-0.3, -0.25) is 0 Å². The molecular formula is C32H20N2S. The number of nitriles is 1. The predicted molar refractivity (Wildman–Crippen MR) is 149 cm³/mol. The fraction of sp³-hybridized carbons (Fsp3) is 0.0312. The van der Waals surface area contributed by atoms with Crippen molar-refractivity contribution in [2.45, 2.75) is 6.42 Å². The summed E-state index contributed by atoms with van der Waals surface area (Å²) in [6, 6.07) is 32.3. The van der Waals surface area contributed by atoms with E-state index in [1.165, 1.54) is 37.6 Å². The SMILES string of the molecule is N#Cc1cc2sc3ccccc3c2cc1-c1ccccc1-n1c2c(c3ccccc31)C=CCC=C2. The number of benzene rings is 4. The van der Waals surface area contributed by atoms with E-state index in [1.54, 1.807) is 11.3 Å². The Morgan fingerprint density at radius 2 is 1.49 bits per heavy atom. The number of hydrogen-bond acceptors (Lipinski definition) is 2. The van der Waals surface area contributed by atoms with E-state index in [9.17, 15) is 5.26 Å². The fourth-order valence-corrected chi connectivity index (χ4v) is 6.44. The van der Waals surface area contributed by atoms with Crippen LogP contribution in [0.5, 0.6) is 0 Å². The number of fused-ring (bicyclic) bond motifs is 6. The summed E-state index contributed by atoms with van der Waals surface area (Å²) in [5.74, 6) is 0. The van der Waals surface area contributed by atoms with Gasteiger partial charge >= 0.3 is 0 Å². The molecule has 7 rings (SSSR count). The lowest BCUT2D eigenvalue weighted by Gasteiger charge is -2.16. The van der Waals surface area contributed by atoms with Gasteiger partial charge in [0, 0.05) is 42.2 Å². The van der Waals surface area contributed by atoms with Crippen LogP contribution in [0.3, 0.4) is 0 Å². The third-order valence-electron chi connectivity index (χ3n) is 6.86. The third-order valence-corrected chi connectivity index (χ3v) is 7.99. The predicted octanol–water partition coefficient (Wildman–Crippen LogP) is 8.97. The first-order chi connectivity index (χ1) is 17.3. The van der Waals surface area contributed by atoms with Crippen molar-refractivity contribution >= 4 is 54.6 Å². The summed E-state index contributed by atoms with van der Waals surface area (Å²) in [7, 11) is 0. The highest BCUT2D eigenvalue weighted by Crippen LogP contribution is 2.41. The molecule has 0 N–H and O–H groups in total. The van der Waals surface area contributed by atoms with Gasteiger partial charge in [-0.15, -0.1) is 11.3 Å². The second kappa shape index (κ2) is 7.84. The van der Waals surface area contributed by atoms with E-state index in [2.05, 4.69) is 120 Å². The molecule has 6 aromatic rings. The van der Waals surface area contributed by atoms with Crippen LogP contribution >= 0.6 is 11.3 Å². The zero-order valence-electron chi connectivity index (χ0n) is 18.9. The van der Waals surface area contributed by atoms with Gasteiger partial charge in [0.2, 0.25) is 0 Å². The minimum Gasteiger partial charge on any atom is -0.309 e. The van der Waals surface area contributed by atoms with E-state index in [4.69, 9.17) is 0 Å². The maximum atomic E-state index is 10.2. The fourth-order valence-electron chi connectivity index (χ4n) is 5.31. The van der Waals surface area contributed by atoms with E-state index >= 15 is 0 Å². The first-order valence-electron chi connectivity index (χ1n) is 11.7. The van der Waals surface area contributed by atoms with Gasteiger partial charge in [0.05, 0.1) is 28.5 Å². The molecule has 0 aliphatic heterocycles. The van der Waals surface area contributed by atoms with Gasteiger partial charge < -0.3 is 4.57 Å².